The molecule has 1 unspecified atom stereocenters. The first kappa shape index (κ1) is 14.8. The lowest BCUT2D eigenvalue weighted by atomic mass is 10.2. The van der Waals surface area contributed by atoms with Gasteiger partial charge in [-0.2, -0.15) is 0 Å². The number of aliphatic carboxylic acids is 1. The van der Waals surface area contributed by atoms with Crippen molar-refractivity contribution < 1.29 is 19.4 Å². The monoisotopic (exact) mass is 258 g/mol. The van der Waals surface area contributed by atoms with E-state index in [9.17, 15) is 9.59 Å². The van der Waals surface area contributed by atoms with Crippen molar-refractivity contribution in [2.75, 3.05) is 33.3 Å². The Morgan fingerprint density at radius 1 is 1.44 bits per heavy atom. The molecule has 1 fully saturated rings. The van der Waals surface area contributed by atoms with Gasteiger partial charge in [0, 0.05) is 20.1 Å². The average molecular weight is 258 g/mol. The third kappa shape index (κ3) is 4.18. The number of rotatable bonds is 5. The minimum atomic E-state index is -1.01. The van der Waals surface area contributed by atoms with Crippen molar-refractivity contribution >= 4 is 12.0 Å². The van der Waals surface area contributed by atoms with Crippen molar-refractivity contribution in [2.24, 2.45) is 0 Å². The molecule has 0 spiro atoms. The number of carboxylic acid groups (broad SMARTS) is 1. The molecule has 0 radical (unpaired) electrons. The highest BCUT2D eigenvalue weighted by atomic mass is 16.5. The van der Waals surface area contributed by atoms with Crippen molar-refractivity contribution in [3.63, 3.8) is 0 Å². The van der Waals surface area contributed by atoms with Gasteiger partial charge in [-0.1, -0.05) is 19.8 Å². The summed E-state index contributed by atoms with van der Waals surface area (Å²) in [5.41, 5.74) is 0. The molecule has 104 valence electrons. The Bertz CT molecular complexity index is 296. The van der Waals surface area contributed by atoms with Crippen molar-refractivity contribution in [1.82, 2.24) is 9.80 Å². The number of ether oxygens (including phenoxy) is 1. The van der Waals surface area contributed by atoms with E-state index in [0.29, 0.717) is 13.1 Å². The fraction of sp³-hybridized carbons (Fsp3) is 0.833. The van der Waals surface area contributed by atoms with Crippen LogP contribution in [0, 0.1) is 0 Å². The van der Waals surface area contributed by atoms with E-state index < -0.39 is 12.1 Å². The normalized spacial score (nSPS) is 19.7. The Morgan fingerprint density at radius 3 is 2.78 bits per heavy atom. The summed E-state index contributed by atoms with van der Waals surface area (Å²) in [5.74, 6) is -1.01. The van der Waals surface area contributed by atoms with Gasteiger partial charge in [0.1, 0.15) is 0 Å². The first-order chi connectivity index (χ1) is 8.56. The second kappa shape index (κ2) is 7.20. The molecule has 1 atom stereocenters. The predicted molar refractivity (Wildman–Crippen MR) is 66.5 cm³/mol. The number of carboxylic acids is 1. The number of hydrogen-bond donors (Lipinski definition) is 1. The maximum Gasteiger partial charge on any atom is 0.334 e. The topological polar surface area (TPSA) is 70.1 Å². The van der Waals surface area contributed by atoms with Crippen molar-refractivity contribution in [3.8, 4) is 0 Å². The Balaban J connectivity index is 2.42. The summed E-state index contributed by atoms with van der Waals surface area (Å²) in [5, 5.41) is 8.87. The van der Waals surface area contributed by atoms with Gasteiger partial charge in [-0.25, -0.2) is 9.59 Å². The molecule has 1 saturated heterocycles. The van der Waals surface area contributed by atoms with Crippen LogP contribution in [-0.2, 0) is 9.53 Å². The molecule has 1 rings (SSSR count). The summed E-state index contributed by atoms with van der Waals surface area (Å²) < 4.78 is 5.09. The molecule has 0 aromatic heterocycles. The minimum Gasteiger partial charge on any atom is -0.479 e. The standard InChI is InChI=1S/C12H22N2O4/c1-3-4-5-6-13(2)12(17)14-7-8-18-10(9-14)11(15)16/h10H,3-9H2,1-2H3,(H,15,16). The minimum absolute atomic E-state index is 0.111. The van der Waals surface area contributed by atoms with E-state index in [2.05, 4.69) is 6.92 Å². The lowest BCUT2D eigenvalue weighted by Gasteiger charge is -2.33. The van der Waals surface area contributed by atoms with Gasteiger partial charge in [-0.3, -0.25) is 0 Å². The molecular formula is C12H22N2O4. The highest BCUT2D eigenvalue weighted by molar-refractivity contribution is 5.77. The lowest BCUT2D eigenvalue weighted by molar-refractivity contribution is -0.154. The van der Waals surface area contributed by atoms with Gasteiger partial charge in [0.25, 0.3) is 0 Å². The van der Waals surface area contributed by atoms with Crippen LogP contribution in [0.5, 0.6) is 0 Å². The highest BCUT2D eigenvalue weighted by Gasteiger charge is 2.30. The second-order valence-corrected chi connectivity index (χ2v) is 4.55. The number of unbranched alkanes of at least 4 members (excludes halogenated alkanes) is 2. The van der Waals surface area contributed by atoms with Gasteiger partial charge >= 0.3 is 12.0 Å². The summed E-state index contributed by atoms with van der Waals surface area (Å²) in [6, 6.07) is -0.111. The number of hydrogen-bond acceptors (Lipinski definition) is 3. The van der Waals surface area contributed by atoms with Crippen LogP contribution < -0.4 is 0 Å². The molecule has 0 aromatic carbocycles. The first-order valence-electron chi connectivity index (χ1n) is 6.40. The molecule has 1 N–H and O–H groups in total. The largest absolute Gasteiger partial charge is 0.479 e. The number of urea groups is 1. The molecular weight excluding hydrogens is 236 g/mol. The molecule has 0 bridgehead atoms. The van der Waals surface area contributed by atoms with Gasteiger partial charge in [0.2, 0.25) is 0 Å². The molecule has 18 heavy (non-hydrogen) atoms. The van der Waals surface area contributed by atoms with Crippen molar-refractivity contribution in [3.05, 3.63) is 0 Å². The molecule has 1 aliphatic heterocycles. The zero-order valence-corrected chi connectivity index (χ0v) is 11.1. The first-order valence-corrected chi connectivity index (χ1v) is 6.40. The van der Waals surface area contributed by atoms with Crippen LogP contribution in [0.15, 0.2) is 0 Å². The average Bonchev–Trinajstić information content (AvgIpc) is 2.38. The molecule has 1 aliphatic rings. The van der Waals surface area contributed by atoms with Crippen LogP contribution in [-0.4, -0.2) is 66.3 Å². The fourth-order valence-corrected chi connectivity index (χ4v) is 1.91. The second-order valence-electron chi connectivity index (χ2n) is 4.55. The van der Waals surface area contributed by atoms with E-state index in [1.807, 2.05) is 0 Å². The Labute approximate surface area is 107 Å². The highest BCUT2D eigenvalue weighted by Crippen LogP contribution is 2.08. The molecule has 1 heterocycles. The number of carbonyl (C=O) groups excluding carboxylic acids is 1. The van der Waals surface area contributed by atoms with Crippen LogP contribution >= 0.6 is 0 Å². The zero-order chi connectivity index (χ0) is 13.5. The number of carbonyl (C=O) groups is 2. The van der Waals surface area contributed by atoms with Crippen molar-refractivity contribution in [1.29, 1.82) is 0 Å². The zero-order valence-electron chi connectivity index (χ0n) is 11.1. The summed E-state index contributed by atoms with van der Waals surface area (Å²) in [6.07, 6.45) is 2.29. The third-order valence-corrected chi connectivity index (χ3v) is 3.04. The quantitative estimate of drug-likeness (QED) is 0.747. The maximum atomic E-state index is 12.1. The Morgan fingerprint density at radius 2 is 2.17 bits per heavy atom. The van der Waals surface area contributed by atoms with E-state index in [0.717, 1.165) is 19.3 Å². The Kier molecular flexibility index (Phi) is 5.91. The van der Waals surface area contributed by atoms with E-state index in [1.165, 1.54) is 0 Å². The summed E-state index contributed by atoms with van der Waals surface area (Å²) in [6.45, 7) is 3.70. The number of morpholine rings is 1. The molecule has 0 aliphatic carbocycles. The summed E-state index contributed by atoms with van der Waals surface area (Å²) >= 11 is 0. The van der Waals surface area contributed by atoms with Crippen LogP contribution in [0.25, 0.3) is 0 Å². The molecule has 0 saturated carbocycles. The van der Waals surface area contributed by atoms with E-state index >= 15 is 0 Å². The van der Waals surface area contributed by atoms with Crippen LogP contribution in [0.1, 0.15) is 26.2 Å². The van der Waals surface area contributed by atoms with Gasteiger partial charge in [-0.15, -0.1) is 0 Å². The number of nitrogens with zero attached hydrogens (tertiary/aromatic N) is 2. The van der Waals surface area contributed by atoms with Gasteiger partial charge in [-0.05, 0) is 6.42 Å². The maximum absolute atomic E-state index is 12.1. The van der Waals surface area contributed by atoms with Crippen LogP contribution in [0.2, 0.25) is 0 Å². The van der Waals surface area contributed by atoms with Gasteiger partial charge in [0.15, 0.2) is 6.10 Å². The van der Waals surface area contributed by atoms with E-state index in [-0.39, 0.29) is 19.2 Å². The molecule has 6 heteroatoms. The predicted octanol–water partition coefficient (Wildman–Crippen LogP) is 1.01. The van der Waals surface area contributed by atoms with Gasteiger partial charge < -0.3 is 19.6 Å². The smallest absolute Gasteiger partial charge is 0.334 e. The van der Waals surface area contributed by atoms with Gasteiger partial charge in [0.05, 0.1) is 13.2 Å². The molecule has 6 nitrogen and oxygen atoms in total. The third-order valence-electron chi connectivity index (χ3n) is 3.04. The summed E-state index contributed by atoms with van der Waals surface area (Å²) in [7, 11) is 1.75. The summed E-state index contributed by atoms with van der Waals surface area (Å²) in [4.78, 5) is 26.1. The SMILES string of the molecule is CCCCCN(C)C(=O)N1CCOC(C(=O)O)C1. The number of amides is 2. The molecule has 2 amide bonds. The van der Waals surface area contributed by atoms with E-state index in [1.54, 1.807) is 16.8 Å². The van der Waals surface area contributed by atoms with Crippen molar-refractivity contribution in [2.45, 2.75) is 32.3 Å². The lowest BCUT2D eigenvalue weighted by Crippen LogP contribution is -2.52. The fourth-order valence-electron chi connectivity index (χ4n) is 1.91. The van der Waals surface area contributed by atoms with Crippen LogP contribution in [0.4, 0.5) is 4.79 Å². The Hall–Kier alpha value is -1.30. The van der Waals surface area contributed by atoms with Crippen LogP contribution in [0.3, 0.4) is 0 Å². The van der Waals surface area contributed by atoms with E-state index in [4.69, 9.17) is 9.84 Å². The molecule has 0 aromatic rings.